The minimum atomic E-state index is -0.453. The van der Waals surface area contributed by atoms with Gasteiger partial charge in [0.2, 0.25) is 0 Å². The Balaban J connectivity index is 2.47. The number of hydrogen-bond donors (Lipinski definition) is 1. The number of ether oxygens (including phenoxy) is 1. The van der Waals surface area contributed by atoms with Crippen molar-refractivity contribution >= 4 is 11.6 Å². The first kappa shape index (κ1) is 11.7. The first-order valence-corrected chi connectivity index (χ1v) is 5.59. The van der Waals surface area contributed by atoms with Gasteiger partial charge in [0.25, 0.3) is 5.91 Å². The molecule has 1 aromatic rings. The van der Waals surface area contributed by atoms with Gasteiger partial charge < -0.3 is 15.4 Å². The van der Waals surface area contributed by atoms with Gasteiger partial charge in [-0.2, -0.15) is 0 Å². The number of nitrogens with zero attached hydrogens (tertiary/aromatic N) is 1. The predicted molar refractivity (Wildman–Crippen MR) is 67.0 cm³/mol. The number of benzene rings is 1. The van der Waals surface area contributed by atoms with E-state index in [-0.39, 0.29) is 5.91 Å². The van der Waals surface area contributed by atoms with Crippen LogP contribution < -0.4 is 15.4 Å². The molecule has 1 unspecified atom stereocenters. The third-order valence-corrected chi connectivity index (χ3v) is 2.78. The van der Waals surface area contributed by atoms with E-state index in [0.717, 1.165) is 17.0 Å². The van der Waals surface area contributed by atoms with Crippen LogP contribution in [0.5, 0.6) is 5.75 Å². The molecule has 0 radical (unpaired) electrons. The highest BCUT2D eigenvalue weighted by molar-refractivity contribution is 6.00. The SMILES string of the molecule is C=CCN1C(=O)C(C)Oc2ccc(CN)cc21. The molecule has 4 heteroatoms. The molecule has 2 N–H and O–H groups in total. The lowest BCUT2D eigenvalue weighted by Crippen LogP contribution is -2.44. The van der Waals surface area contributed by atoms with Gasteiger partial charge in [0.1, 0.15) is 5.75 Å². The van der Waals surface area contributed by atoms with E-state index in [2.05, 4.69) is 6.58 Å². The minimum Gasteiger partial charge on any atom is -0.479 e. The Kier molecular flexibility index (Phi) is 3.15. The summed E-state index contributed by atoms with van der Waals surface area (Å²) < 4.78 is 5.55. The van der Waals surface area contributed by atoms with Crippen LogP contribution in [0.1, 0.15) is 12.5 Å². The molecule has 0 aliphatic carbocycles. The molecule has 1 aliphatic heterocycles. The fourth-order valence-electron chi connectivity index (χ4n) is 1.90. The van der Waals surface area contributed by atoms with E-state index in [1.165, 1.54) is 0 Å². The lowest BCUT2D eigenvalue weighted by Gasteiger charge is -2.32. The van der Waals surface area contributed by atoms with E-state index in [1.54, 1.807) is 17.9 Å². The largest absolute Gasteiger partial charge is 0.479 e. The molecule has 1 atom stereocenters. The predicted octanol–water partition coefficient (Wildman–Crippen LogP) is 1.45. The molecular formula is C13H16N2O2. The van der Waals surface area contributed by atoms with Crippen LogP contribution >= 0.6 is 0 Å². The molecule has 1 amide bonds. The van der Waals surface area contributed by atoms with Crippen LogP contribution in [0.4, 0.5) is 5.69 Å². The molecule has 0 fully saturated rings. The third-order valence-electron chi connectivity index (χ3n) is 2.78. The van der Waals surface area contributed by atoms with Crippen LogP contribution in [-0.4, -0.2) is 18.6 Å². The Bertz CT molecular complexity index is 457. The van der Waals surface area contributed by atoms with Crippen LogP contribution in [0.25, 0.3) is 0 Å². The standard InChI is InChI=1S/C13H16N2O2/c1-3-6-15-11-7-10(8-14)4-5-12(11)17-9(2)13(15)16/h3-5,7,9H,1,6,8,14H2,2H3. The van der Waals surface area contributed by atoms with Gasteiger partial charge in [0, 0.05) is 13.1 Å². The maximum Gasteiger partial charge on any atom is 0.268 e. The van der Waals surface area contributed by atoms with Gasteiger partial charge in [-0.1, -0.05) is 12.1 Å². The lowest BCUT2D eigenvalue weighted by atomic mass is 10.1. The van der Waals surface area contributed by atoms with E-state index in [1.807, 2.05) is 18.2 Å². The quantitative estimate of drug-likeness (QED) is 0.802. The summed E-state index contributed by atoms with van der Waals surface area (Å²) in [7, 11) is 0. The Morgan fingerprint density at radius 3 is 3.00 bits per heavy atom. The van der Waals surface area contributed by atoms with Crippen molar-refractivity contribution < 1.29 is 9.53 Å². The van der Waals surface area contributed by atoms with Crippen LogP contribution in [0.3, 0.4) is 0 Å². The summed E-state index contributed by atoms with van der Waals surface area (Å²) in [6.07, 6.45) is 1.25. The van der Waals surface area contributed by atoms with Crippen molar-refractivity contribution in [3.63, 3.8) is 0 Å². The molecule has 0 saturated heterocycles. The van der Waals surface area contributed by atoms with Crippen LogP contribution in [0.2, 0.25) is 0 Å². The average Bonchev–Trinajstić information content (AvgIpc) is 2.34. The molecule has 1 heterocycles. The van der Waals surface area contributed by atoms with E-state index in [0.29, 0.717) is 13.1 Å². The van der Waals surface area contributed by atoms with Gasteiger partial charge in [0.15, 0.2) is 6.10 Å². The summed E-state index contributed by atoms with van der Waals surface area (Å²) in [5, 5.41) is 0. The highest BCUT2D eigenvalue weighted by Crippen LogP contribution is 2.34. The first-order chi connectivity index (χ1) is 8.17. The summed E-state index contributed by atoms with van der Waals surface area (Å²) in [6, 6.07) is 5.66. The Morgan fingerprint density at radius 2 is 2.35 bits per heavy atom. The molecule has 0 bridgehead atoms. The average molecular weight is 232 g/mol. The highest BCUT2D eigenvalue weighted by atomic mass is 16.5. The number of carbonyl (C=O) groups is 1. The van der Waals surface area contributed by atoms with Crippen molar-refractivity contribution in [3.8, 4) is 5.75 Å². The number of amides is 1. The highest BCUT2D eigenvalue weighted by Gasteiger charge is 2.30. The smallest absolute Gasteiger partial charge is 0.268 e. The number of fused-ring (bicyclic) bond motifs is 1. The summed E-state index contributed by atoms with van der Waals surface area (Å²) in [5.41, 5.74) is 7.35. The van der Waals surface area contributed by atoms with Crippen molar-refractivity contribution in [2.75, 3.05) is 11.4 Å². The van der Waals surface area contributed by atoms with Crippen LogP contribution in [-0.2, 0) is 11.3 Å². The van der Waals surface area contributed by atoms with Gasteiger partial charge in [-0.15, -0.1) is 6.58 Å². The fourth-order valence-corrected chi connectivity index (χ4v) is 1.90. The third kappa shape index (κ3) is 2.03. The lowest BCUT2D eigenvalue weighted by molar-refractivity contribution is -0.125. The molecule has 1 aromatic carbocycles. The number of nitrogens with two attached hydrogens (primary N) is 1. The summed E-state index contributed by atoms with van der Waals surface area (Å²) >= 11 is 0. The number of rotatable bonds is 3. The van der Waals surface area contributed by atoms with E-state index >= 15 is 0 Å². The van der Waals surface area contributed by atoms with Crippen molar-refractivity contribution in [1.82, 2.24) is 0 Å². The molecule has 17 heavy (non-hydrogen) atoms. The van der Waals surface area contributed by atoms with Crippen LogP contribution in [0, 0.1) is 0 Å². The van der Waals surface area contributed by atoms with Gasteiger partial charge >= 0.3 is 0 Å². The molecule has 0 saturated carbocycles. The Morgan fingerprint density at radius 1 is 1.59 bits per heavy atom. The second-order valence-corrected chi connectivity index (χ2v) is 4.00. The summed E-state index contributed by atoms with van der Waals surface area (Å²) in [6.45, 7) is 6.34. The molecule has 0 spiro atoms. The second-order valence-electron chi connectivity index (χ2n) is 4.00. The van der Waals surface area contributed by atoms with E-state index in [4.69, 9.17) is 10.5 Å². The molecule has 1 aliphatic rings. The van der Waals surface area contributed by atoms with Crippen molar-refractivity contribution in [2.45, 2.75) is 19.6 Å². The van der Waals surface area contributed by atoms with Crippen molar-refractivity contribution in [3.05, 3.63) is 36.4 Å². The number of anilines is 1. The van der Waals surface area contributed by atoms with Gasteiger partial charge in [-0.25, -0.2) is 0 Å². The Hall–Kier alpha value is -1.81. The second kappa shape index (κ2) is 4.59. The van der Waals surface area contributed by atoms with Crippen LogP contribution in [0.15, 0.2) is 30.9 Å². The van der Waals surface area contributed by atoms with Crippen molar-refractivity contribution in [1.29, 1.82) is 0 Å². The normalized spacial score (nSPS) is 18.6. The first-order valence-electron chi connectivity index (χ1n) is 5.59. The molecular weight excluding hydrogens is 216 g/mol. The maximum absolute atomic E-state index is 12.0. The molecule has 2 rings (SSSR count). The summed E-state index contributed by atoms with van der Waals surface area (Å²) in [5.74, 6) is 0.669. The molecule has 0 aromatic heterocycles. The van der Waals surface area contributed by atoms with Gasteiger partial charge in [-0.3, -0.25) is 4.79 Å². The number of carbonyl (C=O) groups excluding carboxylic acids is 1. The molecule has 90 valence electrons. The Labute approximate surface area is 101 Å². The van der Waals surface area contributed by atoms with Gasteiger partial charge in [0.05, 0.1) is 5.69 Å². The molecule has 4 nitrogen and oxygen atoms in total. The van der Waals surface area contributed by atoms with E-state index in [9.17, 15) is 4.79 Å². The topological polar surface area (TPSA) is 55.6 Å². The zero-order valence-electron chi connectivity index (χ0n) is 9.85. The fraction of sp³-hybridized carbons (Fsp3) is 0.308. The monoisotopic (exact) mass is 232 g/mol. The zero-order valence-corrected chi connectivity index (χ0v) is 9.85. The van der Waals surface area contributed by atoms with Gasteiger partial charge in [-0.05, 0) is 24.6 Å². The number of hydrogen-bond acceptors (Lipinski definition) is 3. The zero-order chi connectivity index (χ0) is 12.4. The summed E-state index contributed by atoms with van der Waals surface area (Å²) in [4.78, 5) is 13.7. The minimum absolute atomic E-state index is 0.0495. The maximum atomic E-state index is 12.0. The van der Waals surface area contributed by atoms with E-state index < -0.39 is 6.10 Å². The van der Waals surface area contributed by atoms with Crippen molar-refractivity contribution in [2.24, 2.45) is 5.73 Å².